The van der Waals surface area contributed by atoms with Crippen LogP contribution in [0.2, 0.25) is 0 Å². The Morgan fingerprint density at radius 3 is 2.93 bits per heavy atom. The summed E-state index contributed by atoms with van der Waals surface area (Å²) in [6.45, 7) is 2.05. The highest BCUT2D eigenvalue weighted by Crippen LogP contribution is 2.48. The van der Waals surface area contributed by atoms with Crippen molar-refractivity contribution in [1.82, 2.24) is 10.2 Å². The van der Waals surface area contributed by atoms with E-state index in [1.54, 1.807) is 6.92 Å². The van der Waals surface area contributed by atoms with Crippen LogP contribution in [0.3, 0.4) is 0 Å². The van der Waals surface area contributed by atoms with Gasteiger partial charge in [0, 0.05) is 0 Å². The van der Waals surface area contributed by atoms with E-state index < -0.39 is 11.4 Å². The first kappa shape index (κ1) is 10.1. The summed E-state index contributed by atoms with van der Waals surface area (Å²) in [5, 5.41) is 17.4. The molecule has 0 N–H and O–H groups in total. The molecule has 1 heterocycles. The van der Waals surface area contributed by atoms with Crippen LogP contribution in [0.25, 0.3) is 0 Å². The third-order valence-electron chi connectivity index (χ3n) is 2.25. The molecule has 0 bridgehead atoms. The van der Waals surface area contributed by atoms with Gasteiger partial charge in [-0.25, -0.2) is 4.79 Å². The van der Waals surface area contributed by atoms with Crippen LogP contribution in [-0.4, -0.2) is 22.8 Å². The van der Waals surface area contributed by atoms with Gasteiger partial charge in [-0.05, 0) is 19.8 Å². The van der Waals surface area contributed by atoms with E-state index in [0.717, 1.165) is 24.2 Å². The average molecular weight is 223 g/mol. The molecule has 15 heavy (non-hydrogen) atoms. The number of carbonyl (C=O) groups excluding carboxylic acids is 1. The highest BCUT2D eigenvalue weighted by molar-refractivity contribution is 7.13. The maximum atomic E-state index is 11.3. The van der Waals surface area contributed by atoms with Gasteiger partial charge in [0.1, 0.15) is 10.4 Å². The molecule has 0 aliphatic heterocycles. The summed E-state index contributed by atoms with van der Waals surface area (Å²) in [5.74, 6) is -0.463. The lowest BCUT2D eigenvalue weighted by atomic mass is 10.1. The topological polar surface area (TPSA) is 75.9 Å². The van der Waals surface area contributed by atoms with Crippen LogP contribution in [-0.2, 0) is 10.2 Å². The molecule has 1 aliphatic rings. The van der Waals surface area contributed by atoms with E-state index >= 15 is 0 Å². The van der Waals surface area contributed by atoms with Crippen LogP contribution in [0.4, 0.5) is 0 Å². The van der Waals surface area contributed by atoms with Crippen molar-refractivity contribution >= 4 is 17.3 Å². The molecule has 0 spiro atoms. The Labute approximate surface area is 90.7 Å². The van der Waals surface area contributed by atoms with Crippen LogP contribution < -0.4 is 0 Å². The van der Waals surface area contributed by atoms with E-state index in [4.69, 9.17) is 10.00 Å². The Morgan fingerprint density at radius 2 is 2.40 bits per heavy atom. The second kappa shape index (κ2) is 3.59. The Bertz CT molecular complexity index is 431. The first-order valence-electron chi connectivity index (χ1n) is 4.64. The van der Waals surface area contributed by atoms with Gasteiger partial charge in [0.15, 0.2) is 0 Å². The van der Waals surface area contributed by atoms with Gasteiger partial charge in [-0.1, -0.05) is 11.3 Å². The third kappa shape index (κ3) is 1.70. The van der Waals surface area contributed by atoms with E-state index in [0.29, 0.717) is 11.6 Å². The highest BCUT2D eigenvalue weighted by Gasteiger charge is 2.48. The van der Waals surface area contributed by atoms with E-state index in [1.807, 2.05) is 0 Å². The number of aromatic nitrogens is 2. The van der Waals surface area contributed by atoms with Crippen molar-refractivity contribution in [3.63, 3.8) is 0 Å². The fourth-order valence-corrected chi connectivity index (χ4v) is 2.12. The van der Waals surface area contributed by atoms with E-state index in [2.05, 4.69) is 16.3 Å². The van der Waals surface area contributed by atoms with Crippen molar-refractivity contribution in [2.24, 2.45) is 0 Å². The zero-order valence-corrected chi connectivity index (χ0v) is 9.00. The molecule has 0 amide bonds. The number of hydrogen-bond acceptors (Lipinski definition) is 6. The minimum atomic E-state index is -0.470. The van der Waals surface area contributed by atoms with Crippen molar-refractivity contribution in [3.05, 3.63) is 10.0 Å². The summed E-state index contributed by atoms with van der Waals surface area (Å²) in [4.78, 5) is 11.3. The molecule has 2 rings (SSSR count). The summed E-state index contributed by atoms with van der Waals surface area (Å²) in [6, 6.07) is 2.21. The fourth-order valence-electron chi connectivity index (χ4n) is 1.19. The Hall–Kier alpha value is -1.48. The molecule has 0 atom stereocenters. The van der Waals surface area contributed by atoms with Crippen LogP contribution in [0, 0.1) is 11.3 Å². The van der Waals surface area contributed by atoms with Gasteiger partial charge in [0.25, 0.3) is 0 Å². The van der Waals surface area contributed by atoms with Gasteiger partial charge in [-0.3, -0.25) is 0 Å². The smallest absolute Gasteiger partial charge is 0.369 e. The van der Waals surface area contributed by atoms with Crippen molar-refractivity contribution in [2.75, 3.05) is 6.61 Å². The van der Waals surface area contributed by atoms with Gasteiger partial charge < -0.3 is 4.74 Å². The lowest BCUT2D eigenvalue weighted by Gasteiger charge is -1.96. The van der Waals surface area contributed by atoms with Crippen LogP contribution in [0.5, 0.6) is 0 Å². The number of ether oxygens (including phenoxy) is 1. The summed E-state index contributed by atoms with van der Waals surface area (Å²) in [5.41, 5.74) is -0.470. The molecule has 0 saturated heterocycles. The number of rotatable bonds is 3. The van der Waals surface area contributed by atoms with Gasteiger partial charge in [0.05, 0.1) is 12.7 Å². The quantitative estimate of drug-likeness (QED) is 0.721. The molecule has 1 aromatic heterocycles. The molecule has 5 nitrogen and oxygen atoms in total. The molecule has 0 radical (unpaired) electrons. The second-order valence-electron chi connectivity index (χ2n) is 3.33. The Kier molecular flexibility index (Phi) is 2.40. The third-order valence-corrected chi connectivity index (χ3v) is 3.36. The average Bonchev–Trinajstić information content (AvgIpc) is 2.88. The number of carbonyl (C=O) groups is 1. The van der Waals surface area contributed by atoms with Gasteiger partial charge >= 0.3 is 5.97 Å². The number of nitrogens with zero attached hydrogens (tertiary/aromatic N) is 3. The summed E-state index contributed by atoms with van der Waals surface area (Å²) < 4.78 is 4.79. The monoisotopic (exact) mass is 223 g/mol. The van der Waals surface area contributed by atoms with E-state index in [1.165, 1.54) is 0 Å². The van der Waals surface area contributed by atoms with Gasteiger partial charge in [-0.15, -0.1) is 10.2 Å². The summed E-state index contributed by atoms with van der Waals surface area (Å²) in [6.07, 6.45) is 1.61. The summed E-state index contributed by atoms with van der Waals surface area (Å²) >= 11 is 1.16. The normalized spacial score (nSPS) is 16.8. The van der Waals surface area contributed by atoms with Crippen molar-refractivity contribution in [2.45, 2.75) is 25.2 Å². The Morgan fingerprint density at radius 1 is 1.67 bits per heavy atom. The number of esters is 1. The predicted molar refractivity (Wildman–Crippen MR) is 52.4 cm³/mol. The van der Waals surface area contributed by atoms with Gasteiger partial charge in [0.2, 0.25) is 5.01 Å². The number of nitriles is 1. The van der Waals surface area contributed by atoms with Crippen molar-refractivity contribution in [1.29, 1.82) is 5.26 Å². The minimum Gasteiger partial charge on any atom is -0.461 e. The molecule has 1 aromatic rings. The van der Waals surface area contributed by atoms with E-state index in [9.17, 15) is 4.79 Å². The molecular formula is C9H9N3O2S. The molecule has 78 valence electrons. The first-order chi connectivity index (χ1) is 7.22. The zero-order chi connectivity index (χ0) is 10.9. The molecule has 0 aromatic carbocycles. The molecule has 1 aliphatic carbocycles. The SMILES string of the molecule is CCOC(=O)c1nnc(C2(C#N)CC2)s1. The summed E-state index contributed by atoms with van der Waals surface area (Å²) in [7, 11) is 0. The zero-order valence-electron chi connectivity index (χ0n) is 8.19. The molecule has 6 heteroatoms. The van der Waals surface area contributed by atoms with Crippen LogP contribution >= 0.6 is 11.3 Å². The lowest BCUT2D eigenvalue weighted by molar-refractivity contribution is 0.0525. The van der Waals surface area contributed by atoms with Crippen molar-refractivity contribution in [3.8, 4) is 6.07 Å². The fraction of sp³-hybridized carbons (Fsp3) is 0.556. The largest absolute Gasteiger partial charge is 0.461 e. The molecule has 1 fully saturated rings. The van der Waals surface area contributed by atoms with Crippen LogP contribution in [0.1, 0.15) is 34.6 Å². The molecular weight excluding hydrogens is 214 g/mol. The maximum absolute atomic E-state index is 11.3. The van der Waals surface area contributed by atoms with E-state index in [-0.39, 0.29) is 5.01 Å². The second-order valence-corrected chi connectivity index (χ2v) is 4.30. The number of hydrogen-bond donors (Lipinski definition) is 0. The predicted octanol–water partition coefficient (Wildman–Crippen LogP) is 1.27. The molecule has 1 saturated carbocycles. The lowest BCUT2D eigenvalue weighted by Crippen LogP contribution is -2.03. The minimum absolute atomic E-state index is 0.230. The van der Waals surface area contributed by atoms with Crippen LogP contribution in [0.15, 0.2) is 0 Å². The van der Waals surface area contributed by atoms with Gasteiger partial charge in [-0.2, -0.15) is 5.26 Å². The maximum Gasteiger partial charge on any atom is 0.369 e. The standard InChI is InChI=1S/C9H9N3O2S/c1-2-14-7(13)6-11-12-8(15-6)9(5-10)3-4-9/h2-4H2,1H3. The van der Waals surface area contributed by atoms with Crippen molar-refractivity contribution < 1.29 is 9.53 Å². The molecule has 0 unspecified atom stereocenters. The Balaban J connectivity index is 2.18. The highest BCUT2D eigenvalue weighted by atomic mass is 32.1. The first-order valence-corrected chi connectivity index (χ1v) is 5.46.